The third-order valence-corrected chi connectivity index (χ3v) is 10.5. The first-order valence-corrected chi connectivity index (χ1v) is 16.4. The van der Waals surface area contributed by atoms with Crippen LogP contribution in [0.2, 0.25) is 0 Å². The molecule has 1 aliphatic heterocycles. The Labute approximate surface area is 249 Å². The van der Waals surface area contributed by atoms with Crippen molar-refractivity contribution in [1.82, 2.24) is 9.62 Å². The summed E-state index contributed by atoms with van der Waals surface area (Å²) < 4.78 is 100. The first-order chi connectivity index (χ1) is 20.3. The third kappa shape index (κ3) is 8.06. The average Bonchev–Trinajstić information content (AvgIpc) is 2.98. The zero-order valence-corrected chi connectivity index (χ0v) is 25.0. The number of hydrogen-bond acceptors (Lipinski definition) is 6. The SMILES string of the molecule is Cc1ccc(S(=O)(=O)N(CC(=O)NCCOc2ccc(S(=O)(=O)N3CCCCC3)cc2)c2cccc(C(F)(F)F)c2)cc1. The molecule has 1 N–H and O–H groups in total. The Bertz CT molecular complexity index is 1620. The summed E-state index contributed by atoms with van der Waals surface area (Å²) in [5.41, 5.74) is -0.598. The van der Waals surface area contributed by atoms with Gasteiger partial charge in [0.05, 0.1) is 27.6 Å². The van der Waals surface area contributed by atoms with Crippen LogP contribution in [-0.4, -0.2) is 59.8 Å². The van der Waals surface area contributed by atoms with Crippen LogP contribution in [-0.2, 0) is 31.0 Å². The molecule has 0 aliphatic carbocycles. The van der Waals surface area contributed by atoms with Gasteiger partial charge in [0.15, 0.2) is 0 Å². The van der Waals surface area contributed by atoms with E-state index in [1.165, 1.54) is 46.8 Å². The van der Waals surface area contributed by atoms with Crippen molar-refractivity contribution in [3.8, 4) is 5.75 Å². The maximum absolute atomic E-state index is 13.4. The van der Waals surface area contributed by atoms with E-state index in [0.717, 1.165) is 37.0 Å². The highest BCUT2D eigenvalue weighted by atomic mass is 32.2. The standard InChI is InChI=1S/C29H32F3N3O6S2/c1-22-8-12-27(13-9-22)43(39,40)35(24-7-5-6-23(20-24)29(30,31)32)21-28(36)33-16-19-41-25-10-14-26(15-11-25)42(37,38)34-17-3-2-4-18-34/h5-15,20H,2-4,16-19,21H2,1H3,(H,33,36). The second-order valence-corrected chi connectivity index (χ2v) is 13.8. The van der Waals surface area contributed by atoms with Crippen molar-refractivity contribution in [2.45, 2.75) is 42.2 Å². The van der Waals surface area contributed by atoms with Gasteiger partial charge in [-0.05, 0) is 74.4 Å². The van der Waals surface area contributed by atoms with Gasteiger partial charge in [-0.3, -0.25) is 9.10 Å². The molecule has 3 aromatic rings. The Kier molecular flexibility index (Phi) is 10.0. The lowest BCUT2D eigenvalue weighted by molar-refractivity contribution is -0.137. The smallest absolute Gasteiger partial charge is 0.416 e. The Morgan fingerprint density at radius 3 is 2.16 bits per heavy atom. The van der Waals surface area contributed by atoms with Gasteiger partial charge in [-0.2, -0.15) is 17.5 Å². The number of carbonyl (C=O) groups is 1. The van der Waals surface area contributed by atoms with Gasteiger partial charge in [-0.1, -0.05) is 30.2 Å². The maximum atomic E-state index is 13.4. The highest BCUT2D eigenvalue weighted by Crippen LogP contribution is 2.33. The molecule has 3 aromatic carbocycles. The van der Waals surface area contributed by atoms with Crippen molar-refractivity contribution in [2.75, 3.05) is 37.1 Å². The number of alkyl halides is 3. The molecule has 9 nitrogen and oxygen atoms in total. The number of sulfonamides is 2. The summed E-state index contributed by atoms with van der Waals surface area (Å²) in [7, 11) is -8.00. The number of piperidine rings is 1. The Morgan fingerprint density at radius 1 is 0.907 bits per heavy atom. The van der Waals surface area contributed by atoms with Gasteiger partial charge in [0, 0.05) is 13.1 Å². The molecule has 1 amide bonds. The molecule has 1 heterocycles. The fourth-order valence-electron chi connectivity index (χ4n) is 4.50. The van der Waals surface area contributed by atoms with Crippen LogP contribution in [0.1, 0.15) is 30.4 Å². The van der Waals surface area contributed by atoms with Crippen LogP contribution in [0.4, 0.5) is 18.9 Å². The molecule has 0 atom stereocenters. The van der Waals surface area contributed by atoms with E-state index in [4.69, 9.17) is 4.74 Å². The molecule has 0 spiro atoms. The minimum absolute atomic E-state index is 0.0295. The second kappa shape index (κ2) is 13.3. The quantitative estimate of drug-likeness (QED) is 0.308. The topological polar surface area (TPSA) is 113 Å². The van der Waals surface area contributed by atoms with Crippen molar-refractivity contribution < 1.29 is 39.5 Å². The van der Waals surface area contributed by atoms with Crippen LogP contribution in [0, 0.1) is 6.92 Å². The van der Waals surface area contributed by atoms with Gasteiger partial charge in [-0.25, -0.2) is 16.8 Å². The third-order valence-electron chi connectivity index (χ3n) is 6.83. The number of carbonyl (C=O) groups excluding carboxylic acids is 1. The van der Waals surface area contributed by atoms with E-state index in [0.29, 0.717) is 29.2 Å². The fourth-order valence-corrected chi connectivity index (χ4v) is 7.43. The lowest BCUT2D eigenvalue weighted by Crippen LogP contribution is -2.42. The van der Waals surface area contributed by atoms with Crippen molar-refractivity contribution >= 4 is 31.6 Å². The number of nitrogens with one attached hydrogen (secondary N) is 1. The van der Waals surface area contributed by atoms with Crippen molar-refractivity contribution in [1.29, 1.82) is 0 Å². The Morgan fingerprint density at radius 2 is 1.53 bits per heavy atom. The number of hydrogen-bond donors (Lipinski definition) is 1. The van der Waals surface area contributed by atoms with Crippen LogP contribution >= 0.6 is 0 Å². The highest BCUT2D eigenvalue weighted by molar-refractivity contribution is 7.92. The summed E-state index contributed by atoms with van der Waals surface area (Å²) in [6, 6.07) is 15.4. The summed E-state index contributed by atoms with van der Waals surface area (Å²) in [4.78, 5) is 12.8. The van der Waals surface area contributed by atoms with Crippen LogP contribution in [0.5, 0.6) is 5.75 Å². The molecule has 1 fully saturated rings. The number of halogens is 3. The summed E-state index contributed by atoms with van der Waals surface area (Å²) in [5, 5.41) is 2.51. The Balaban J connectivity index is 1.40. The molecule has 1 saturated heterocycles. The highest BCUT2D eigenvalue weighted by Gasteiger charge is 2.33. The van der Waals surface area contributed by atoms with Crippen LogP contribution in [0.3, 0.4) is 0 Å². The molecule has 0 unspecified atom stereocenters. The summed E-state index contributed by atoms with van der Waals surface area (Å²) >= 11 is 0. The van der Waals surface area contributed by atoms with E-state index in [1.807, 2.05) is 0 Å². The molecule has 1 aliphatic rings. The minimum Gasteiger partial charge on any atom is -0.492 e. The first kappa shape index (κ1) is 32.3. The van der Waals surface area contributed by atoms with Crippen LogP contribution < -0.4 is 14.4 Å². The van der Waals surface area contributed by atoms with E-state index in [-0.39, 0.29) is 28.6 Å². The van der Waals surface area contributed by atoms with Gasteiger partial charge in [0.2, 0.25) is 15.9 Å². The normalized spacial score (nSPS) is 14.7. The van der Waals surface area contributed by atoms with Gasteiger partial charge >= 0.3 is 6.18 Å². The molecule has 0 aromatic heterocycles. The number of rotatable bonds is 11. The van der Waals surface area contributed by atoms with Crippen LogP contribution in [0.15, 0.2) is 82.6 Å². The average molecular weight is 640 g/mol. The summed E-state index contributed by atoms with van der Waals surface area (Å²) in [6.07, 6.45) is -2.07. The van der Waals surface area contributed by atoms with Gasteiger partial charge in [-0.15, -0.1) is 0 Å². The summed E-state index contributed by atoms with van der Waals surface area (Å²) in [6.45, 7) is 1.87. The van der Waals surface area contributed by atoms with E-state index in [1.54, 1.807) is 19.1 Å². The second-order valence-electron chi connectivity index (χ2n) is 10.0. The van der Waals surface area contributed by atoms with Crippen LogP contribution in [0.25, 0.3) is 0 Å². The predicted octanol–water partition coefficient (Wildman–Crippen LogP) is 4.58. The molecule has 14 heteroatoms. The monoisotopic (exact) mass is 639 g/mol. The van der Waals surface area contributed by atoms with Gasteiger partial charge in [0.25, 0.3) is 10.0 Å². The zero-order chi connectivity index (χ0) is 31.3. The molecule has 232 valence electrons. The minimum atomic E-state index is -4.72. The molecule has 0 bridgehead atoms. The number of ether oxygens (including phenoxy) is 1. The largest absolute Gasteiger partial charge is 0.492 e. The van der Waals surface area contributed by atoms with E-state index < -0.39 is 44.2 Å². The van der Waals surface area contributed by atoms with E-state index in [9.17, 15) is 34.8 Å². The zero-order valence-electron chi connectivity index (χ0n) is 23.4. The summed E-state index contributed by atoms with van der Waals surface area (Å²) in [5.74, 6) is -0.404. The molecule has 4 rings (SSSR count). The number of aryl methyl sites for hydroxylation is 1. The number of benzene rings is 3. The van der Waals surface area contributed by atoms with E-state index >= 15 is 0 Å². The molecule has 0 radical (unpaired) electrons. The predicted molar refractivity (Wildman–Crippen MR) is 155 cm³/mol. The number of anilines is 1. The molecule has 0 saturated carbocycles. The fraction of sp³-hybridized carbons (Fsp3) is 0.345. The first-order valence-electron chi connectivity index (χ1n) is 13.5. The Hall–Kier alpha value is -3.62. The number of nitrogens with zero attached hydrogens (tertiary/aromatic N) is 2. The molecular formula is C29H32F3N3O6S2. The van der Waals surface area contributed by atoms with Crippen molar-refractivity contribution in [3.63, 3.8) is 0 Å². The van der Waals surface area contributed by atoms with Crippen molar-refractivity contribution in [3.05, 3.63) is 83.9 Å². The molecule has 43 heavy (non-hydrogen) atoms. The lowest BCUT2D eigenvalue weighted by atomic mass is 10.2. The van der Waals surface area contributed by atoms with Gasteiger partial charge in [0.1, 0.15) is 18.9 Å². The maximum Gasteiger partial charge on any atom is 0.416 e. The van der Waals surface area contributed by atoms with E-state index in [2.05, 4.69) is 5.32 Å². The lowest BCUT2D eigenvalue weighted by Gasteiger charge is -2.25. The number of amides is 1. The van der Waals surface area contributed by atoms with Gasteiger partial charge < -0.3 is 10.1 Å². The molecular weight excluding hydrogens is 607 g/mol. The van der Waals surface area contributed by atoms with Crippen molar-refractivity contribution in [2.24, 2.45) is 0 Å².